The smallest absolute Gasteiger partial charge is 0.254 e. The fraction of sp³-hybridized carbons (Fsp3) is 0.458. The van der Waals surface area contributed by atoms with E-state index in [4.69, 9.17) is 0 Å². The molecular weight excluding hydrogens is 399 g/mol. The number of anilines is 1. The molecule has 2 aromatic rings. The van der Waals surface area contributed by atoms with Gasteiger partial charge in [-0.3, -0.25) is 9.10 Å². The number of hydrogen-bond acceptors (Lipinski definition) is 2. The van der Waals surface area contributed by atoms with Crippen molar-refractivity contribution in [1.82, 2.24) is 4.90 Å². The number of fused-ring (bicyclic) bond motifs is 2. The minimum absolute atomic E-state index is 0.0877. The monoisotopic (exact) mass is 426 g/mol. The van der Waals surface area contributed by atoms with Gasteiger partial charge in [0.05, 0.1) is 5.69 Å². The second kappa shape index (κ2) is 8.14. The molecule has 5 rings (SSSR count). The lowest BCUT2D eigenvalue weighted by Gasteiger charge is -2.39. The van der Waals surface area contributed by atoms with Crippen LogP contribution >= 0.6 is 0 Å². The van der Waals surface area contributed by atoms with E-state index in [9.17, 15) is 13.4 Å². The highest BCUT2D eigenvalue weighted by Gasteiger charge is 2.43. The van der Waals surface area contributed by atoms with Crippen LogP contribution in [0.2, 0.25) is 0 Å². The van der Waals surface area contributed by atoms with Crippen LogP contribution in [-0.4, -0.2) is 39.4 Å². The van der Waals surface area contributed by atoms with E-state index in [0.717, 1.165) is 50.8 Å². The van der Waals surface area contributed by atoms with Gasteiger partial charge in [0.2, 0.25) is 0 Å². The van der Waals surface area contributed by atoms with Crippen molar-refractivity contribution in [2.45, 2.75) is 56.5 Å². The van der Waals surface area contributed by atoms with Crippen molar-refractivity contribution in [3.63, 3.8) is 0 Å². The van der Waals surface area contributed by atoms with Gasteiger partial charge in [0.1, 0.15) is 16.8 Å². The molecular formula is C24H27FN2O2S. The molecule has 0 aliphatic carbocycles. The molecule has 0 radical (unpaired) electrons. The fourth-order valence-electron chi connectivity index (χ4n) is 5.40. The zero-order valence-electron chi connectivity index (χ0n) is 17.0. The van der Waals surface area contributed by atoms with E-state index in [0.29, 0.717) is 17.2 Å². The van der Waals surface area contributed by atoms with Crippen molar-refractivity contribution in [3.8, 4) is 0 Å². The molecule has 3 atom stereocenters. The molecule has 3 aliphatic heterocycles. The standard InChI is InChI=1S/C24H27FN2O2S/c25-20-8-6-17(7-9-20)19-15-22-10-11-23(16-19)27(22)24(28)18-4-3-5-21(14-18)26-12-1-2-13-30(26)29/h3-9,14,19,22-23H,1-2,10-13,15-16H2. The average molecular weight is 427 g/mol. The first kappa shape index (κ1) is 19.7. The van der Waals surface area contributed by atoms with Crippen LogP contribution in [0.1, 0.15) is 60.4 Å². The van der Waals surface area contributed by atoms with Gasteiger partial charge in [0.25, 0.3) is 5.91 Å². The zero-order chi connectivity index (χ0) is 20.7. The van der Waals surface area contributed by atoms with Crippen molar-refractivity contribution in [3.05, 3.63) is 65.5 Å². The Balaban J connectivity index is 1.34. The molecule has 2 bridgehead atoms. The molecule has 0 aromatic heterocycles. The van der Waals surface area contributed by atoms with Crippen molar-refractivity contribution >= 4 is 22.6 Å². The molecule has 158 valence electrons. The molecule has 3 unspecified atom stereocenters. The van der Waals surface area contributed by atoms with E-state index in [1.165, 1.54) is 17.7 Å². The molecule has 3 fully saturated rings. The summed E-state index contributed by atoms with van der Waals surface area (Å²) < 4.78 is 27.6. The van der Waals surface area contributed by atoms with Crippen LogP contribution in [0.5, 0.6) is 0 Å². The first-order valence-corrected chi connectivity index (χ1v) is 12.2. The molecule has 3 heterocycles. The summed E-state index contributed by atoms with van der Waals surface area (Å²) in [5.74, 6) is 0.960. The summed E-state index contributed by atoms with van der Waals surface area (Å²) in [6, 6.07) is 15.0. The molecule has 0 spiro atoms. The van der Waals surface area contributed by atoms with E-state index >= 15 is 0 Å². The minimum atomic E-state index is -1.00. The van der Waals surface area contributed by atoms with Gasteiger partial charge >= 0.3 is 0 Å². The van der Waals surface area contributed by atoms with E-state index in [1.54, 1.807) is 0 Å². The first-order chi connectivity index (χ1) is 14.6. The van der Waals surface area contributed by atoms with Crippen molar-refractivity contribution in [2.75, 3.05) is 16.6 Å². The van der Waals surface area contributed by atoms with E-state index in [-0.39, 0.29) is 23.8 Å². The van der Waals surface area contributed by atoms with Crippen molar-refractivity contribution < 1.29 is 13.4 Å². The number of carbonyl (C=O) groups is 1. The second-order valence-electron chi connectivity index (χ2n) is 8.70. The van der Waals surface area contributed by atoms with Crippen LogP contribution < -0.4 is 4.31 Å². The van der Waals surface area contributed by atoms with Crippen LogP contribution in [0.25, 0.3) is 0 Å². The summed E-state index contributed by atoms with van der Waals surface area (Å²) in [5, 5.41) is 0. The predicted octanol–water partition coefficient (Wildman–Crippen LogP) is 4.64. The Morgan fingerprint density at radius 3 is 2.43 bits per heavy atom. The number of rotatable bonds is 3. The van der Waals surface area contributed by atoms with Crippen LogP contribution in [0, 0.1) is 5.82 Å². The van der Waals surface area contributed by atoms with Gasteiger partial charge in [-0.1, -0.05) is 18.2 Å². The summed E-state index contributed by atoms with van der Waals surface area (Å²) in [6.45, 7) is 0.776. The number of halogens is 1. The Hall–Kier alpha value is -2.21. The Morgan fingerprint density at radius 1 is 1.00 bits per heavy atom. The van der Waals surface area contributed by atoms with Crippen molar-refractivity contribution in [2.24, 2.45) is 0 Å². The summed E-state index contributed by atoms with van der Waals surface area (Å²) >= 11 is 0. The SMILES string of the molecule is O=C(c1cccc(N2CCCCS2=O)c1)N1C2CCC1CC(c1ccc(F)cc1)C2. The zero-order valence-corrected chi connectivity index (χ0v) is 17.8. The summed E-state index contributed by atoms with van der Waals surface area (Å²) in [5.41, 5.74) is 2.75. The topological polar surface area (TPSA) is 40.6 Å². The van der Waals surface area contributed by atoms with Gasteiger partial charge in [0.15, 0.2) is 0 Å². The second-order valence-corrected chi connectivity index (χ2v) is 10.2. The lowest BCUT2D eigenvalue weighted by atomic mass is 9.85. The van der Waals surface area contributed by atoms with Gasteiger partial charge < -0.3 is 4.90 Å². The summed E-state index contributed by atoms with van der Waals surface area (Å²) in [4.78, 5) is 15.5. The number of hydrogen-bond donors (Lipinski definition) is 0. The van der Waals surface area contributed by atoms with Crippen molar-refractivity contribution in [1.29, 1.82) is 0 Å². The fourth-order valence-corrected chi connectivity index (χ4v) is 6.75. The molecule has 4 nitrogen and oxygen atoms in total. The number of benzene rings is 2. The van der Waals surface area contributed by atoms with Crippen LogP contribution in [0.3, 0.4) is 0 Å². The van der Waals surface area contributed by atoms with Crippen LogP contribution in [0.4, 0.5) is 10.1 Å². The van der Waals surface area contributed by atoms with Gasteiger partial charge in [-0.05, 0) is 80.3 Å². The van der Waals surface area contributed by atoms with Gasteiger partial charge in [-0.15, -0.1) is 0 Å². The molecule has 3 aliphatic rings. The average Bonchev–Trinajstić information content (AvgIpc) is 3.03. The maximum Gasteiger partial charge on any atom is 0.254 e. The minimum Gasteiger partial charge on any atom is -0.333 e. The summed E-state index contributed by atoms with van der Waals surface area (Å²) in [7, 11) is -1.00. The number of piperidine rings is 1. The number of nitrogens with zero attached hydrogens (tertiary/aromatic N) is 2. The Bertz CT molecular complexity index is 950. The van der Waals surface area contributed by atoms with Crippen LogP contribution in [-0.2, 0) is 11.0 Å². The predicted molar refractivity (Wildman–Crippen MR) is 117 cm³/mol. The van der Waals surface area contributed by atoms with E-state index in [2.05, 4.69) is 4.90 Å². The molecule has 0 saturated carbocycles. The Morgan fingerprint density at radius 2 is 1.73 bits per heavy atom. The third-order valence-electron chi connectivity index (χ3n) is 6.87. The van der Waals surface area contributed by atoms with Gasteiger partial charge in [-0.25, -0.2) is 8.60 Å². The Kier molecular flexibility index (Phi) is 5.35. The lowest BCUT2D eigenvalue weighted by molar-refractivity contribution is 0.0571. The highest BCUT2D eigenvalue weighted by atomic mass is 32.2. The Labute approximate surface area is 179 Å². The number of amides is 1. The molecule has 2 aromatic carbocycles. The van der Waals surface area contributed by atoms with E-state index < -0.39 is 11.0 Å². The number of carbonyl (C=O) groups excluding carboxylic acids is 1. The molecule has 30 heavy (non-hydrogen) atoms. The molecule has 0 N–H and O–H groups in total. The largest absolute Gasteiger partial charge is 0.333 e. The molecule has 3 saturated heterocycles. The van der Waals surface area contributed by atoms with Gasteiger partial charge in [0, 0.05) is 29.9 Å². The maximum absolute atomic E-state index is 13.4. The quantitative estimate of drug-likeness (QED) is 0.717. The lowest BCUT2D eigenvalue weighted by Crippen LogP contribution is -2.46. The molecule has 6 heteroatoms. The normalized spacial score (nSPS) is 28.6. The summed E-state index contributed by atoms with van der Waals surface area (Å²) in [6.07, 6.45) is 5.96. The maximum atomic E-state index is 13.4. The third kappa shape index (κ3) is 3.66. The first-order valence-electron chi connectivity index (χ1n) is 10.9. The van der Waals surface area contributed by atoms with Gasteiger partial charge in [-0.2, -0.15) is 0 Å². The third-order valence-corrected chi connectivity index (χ3v) is 8.39. The highest BCUT2D eigenvalue weighted by molar-refractivity contribution is 7.86. The molecule has 1 amide bonds. The highest BCUT2D eigenvalue weighted by Crippen LogP contribution is 2.43. The van der Waals surface area contributed by atoms with E-state index in [1.807, 2.05) is 40.7 Å². The van der Waals surface area contributed by atoms with Crippen LogP contribution in [0.15, 0.2) is 48.5 Å².